The van der Waals surface area contributed by atoms with Crippen molar-refractivity contribution in [2.45, 2.75) is 12.4 Å². The Morgan fingerprint density at radius 2 is 1.31 bits per heavy atom. The lowest BCUT2D eigenvalue weighted by Gasteiger charge is -2.35. The standard InChI is InChI=1S/C17H11F6N3O3/c18-16(19,20)10-1-5-12(6-2-10)24-26-15(28)29-14(27)9-25(26)13-7-3-11(4-8-13)17(21,22)23/h1-9,24,27H. The van der Waals surface area contributed by atoms with Crippen molar-refractivity contribution in [3.8, 4) is 0 Å². The van der Waals surface area contributed by atoms with Crippen LogP contribution in [0.2, 0.25) is 0 Å². The maximum absolute atomic E-state index is 12.7. The number of halogens is 6. The highest BCUT2D eigenvalue weighted by molar-refractivity contribution is 5.75. The molecule has 0 fully saturated rings. The molecule has 0 atom stereocenters. The van der Waals surface area contributed by atoms with Gasteiger partial charge in [0.2, 0.25) is 0 Å². The molecule has 1 aliphatic heterocycles. The zero-order valence-electron chi connectivity index (χ0n) is 14.1. The summed E-state index contributed by atoms with van der Waals surface area (Å²) in [4.78, 5) is 12.1. The van der Waals surface area contributed by atoms with E-state index in [1.54, 1.807) is 0 Å². The van der Waals surface area contributed by atoms with Gasteiger partial charge >= 0.3 is 24.4 Å². The Hall–Kier alpha value is -3.57. The first kappa shape index (κ1) is 20.2. The molecule has 12 heteroatoms. The molecule has 1 heterocycles. The van der Waals surface area contributed by atoms with Gasteiger partial charge in [0.25, 0.3) is 0 Å². The van der Waals surface area contributed by atoms with Gasteiger partial charge in [-0.3, -0.25) is 5.43 Å². The SMILES string of the molecule is O=C1OC(O)=CN(c2ccc(C(F)(F)F)cc2)N1Nc1ccc(C(F)(F)F)cc1. The van der Waals surface area contributed by atoms with E-state index in [-0.39, 0.29) is 11.4 Å². The van der Waals surface area contributed by atoms with Crippen LogP contribution < -0.4 is 10.4 Å². The van der Waals surface area contributed by atoms with Crippen molar-refractivity contribution in [1.29, 1.82) is 0 Å². The number of aliphatic hydroxyl groups excluding tert-OH is 1. The first-order chi connectivity index (χ1) is 13.4. The molecule has 0 radical (unpaired) electrons. The van der Waals surface area contributed by atoms with Gasteiger partial charge in [-0.15, -0.1) is 5.12 Å². The molecule has 1 amide bonds. The third kappa shape index (κ3) is 4.47. The fourth-order valence-electron chi connectivity index (χ4n) is 2.36. The van der Waals surface area contributed by atoms with E-state index >= 15 is 0 Å². The Kier molecular flexibility index (Phi) is 4.95. The molecule has 2 aromatic rings. The number of carbonyl (C=O) groups excluding carboxylic acids is 1. The van der Waals surface area contributed by atoms with Crippen LogP contribution in [0.25, 0.3) is 0 Å². The number of hydrogen-bond donors (Lipinski definition) is 2. The van der Waals surface area contributed by atoms with Crippen LogP contribution in [-0.2, 0) is 17.1 Å². The van der Waals surface area contributed by atoms with E-state index in [0.717, 1.165) is 59.7 Å². The van der Waals surface area contributed by atoms with Gasteiger partial charge in [0.05, 0.1) is 22.5 Å². The molecule has 2 aromatic carbocycles. The van der Waals surface area contributed by atoms with Crippen LogP contribution in [0.4, 0.5) is 42.5 Å². The largest absolute Gasteiger partial charge is 0.479 e. The molecule has 0 spiro atoms. The van der Waals surface area contributed by atoms with Crippen molar-refractivity contribution in [2.75, 3.05) is 10.4 Å². The molecule has 154 valence electrons. The number of nitrogens with one attached hydrogen (secondary N) is 1. The predicted octanol–water partition coefficient (Wildman–Crippen LogP) is 5.28. The second kappa shape index (κ2) is 7.11. The normalized spacial score (nSPS) is 15.1. The number of alkyl halides is 6. The second-order valence-corrected chi connectivity index (χ2v) is 5.72. The molecular formula is C17H11F6N3O3. The van der Waals surface area contributed by atoms with Crippen LogP contribution in [0.5, 0.6) is 0 Å². The number of benzene rings is 2. The van der Waals surface area contributed by atoms with Crippen LogP contribution in [0.15, 0.2) is 60.7 Å². The lowest BCUT2D eigenvalue weighted by atomic mass is 10.2. The minimum atomic E-state index is -4.57. The van der Waals surface area contributed by atoms with Crippen LogP contribution in [0.1, 0.15) is 11.1 Å². The van der Waals surface area contributed by atoms with Gasteiger partial charge < -0.3 is 9.84 Å². The quantitative estimate of drug-likeness (QED) is 0.663. The summed E-state index contributed by atoms with van der Waals surface area (Å²) in [5.41, 5.74) is 0.685. The van der Waals surface area contributed by atoms with Gasteiger partial charge in [-0.25, -0.2) is 9.80 Å². The van der Waals surface area contributed by atoms with E-state index in [1.807, 2.05) is 0 Å². The number of amides is 1. The summed E-state index contributed by atoms with van der Waals surface area (Å²) in [6.07, 6.45) is -9.41. The molecule has 6 nitrogen and oxygen atoms in total. The molecule has 0 saturated heterocycles. The number of ether oxygens (including phenoxy) is 1. The first-order valence-electron chi connectivity index (χ1n) is 7.78. The zero-order chi connectivity index (χ0) is 21.4. The molecule has 0 saturated carbocycles. The smallest absolute Gasteiger partial charge is 0.456 e. The van der Waals surface area contributed by atoms with Gasteiger partial charge in [0, 0.05) is 0 Å². The lowest BCUT2D eigenvalue weighted by molar-refractivity contribution is -0.138. The summed E-state index contributed by atoms with van der Waals surface area (Å²) < 4.78 is 80.7. The predicted molar refractivity (Wildman–Crippen MR) is 88.0 cm³/mol. The number of hydrazine groups is 2. The minimum Gasteiger partial charge on any atom is -0.479 e. The first-order valence-corrected chi connectivity index (χ1v) is 7.78. The van der Waals surface area contributed by atoms with E-state index in [1.165, 1.54) is 0 Å². The summed E-state index contributed by atoms with van der Waals surface area (Å²) in [5, 5.41) is 11.1. The summed E-state index contributed by atoms with van der Waals surface area (Å²) in [6.45, 7) is 0. The lowest BCUT2D eigenvalue weighted by Crippen LogP contribution is -2.50. The molecular weight excluding hydrogens is 408 g/mol. The minimum absolute atomic E-state index is 0.0283. The Balaban J connectivity index is 1.88. The summed E-state index contributed by atoms with van der Waals surface area (Å²) in [5.74, 6) is -0.833. The highest BCUT2D eigenvalue weighted by Crippen LogP contribution is 2.33. The Bertz CT molecular complexity index is 923. The molecule has 0 aromatic heterocycles. The molecule has 3 rings (SSSR count). The summed E-state index contributed by atoms with van der Waals surface area (Å²) >= 11 is 0. The topological polar surface area (TPSA) is 65.0 Å². The van der Waals surface area contributed by atoms with Crippen LogP contribution in [0.3, 0.4) is 0 Å². The molecule has 2 N–H and O–H groups in total. The highest BCUT2D eigenvalue weighted by atomic mass is 19.4. The molecule has 0 aliphatic carbocycles. The van der Waals surface area contributed by atoms with Crippen LogP contribution in [-0.4, -0.2) is 16.3 Å². The van der Waals surface area contributed by atoms with E-state index in [0.29, 0.717) is 5.12 Å². The van der Waals surface area contributed by atoms with Crippen molar-refractivity contribution in [2.24, 2.45) is 0 Å². The Morgan fingerprint density at radius 1 is 0.828 bits per heavy atom. The number of cyclic esters (lactones) is 1. The van der Waals surface area contributed by atoms with Crippen molar-refractivity contribution in [3.63, 3.8) is 0 Å². The highest BCUT2D eigenvalue weighted by Gasteiger charge is 2.33. The van der Waals surface area contributed by atoms with E-state index in [4.69, 9.17) is 0 Å². The third-order valence-electron chi connectivity index (χ3n) is 3.72. The number of hydrogen-bond acceptors (Lipinski definition) is 5. The number of nitrogens with zero attached hydrogens (tertiary/aromatic N) is 2. The van der Waals surface area contributed by atoms with Crippen LogP contribution >= 0.6 is 0 Å². The van der Waals surface area contributed by atoms with E-state index in [9.17, 15) is 36.2 Å². The monoisotopic (exact) mass is 419 g/mol. The molecule has 0 bridgehead atoms. The maximum atomic E-state index is 12.7. The fraction of sp³-hybridized carbons (Fsp3) is 0.118. The van der Waals surface area contributed by atoms with Gasteiger partial charge in [-0.2, -0.15) is 26.3 Å². The van der Waals surface area contributed by atoms with Gasteiger partial charge in [0.1, 0.15) is 6.20 Å². The molecule has 0 unspecified atom stereocenters. The average Bonchev–Trinajstić information content (AvgIpc) is 2.63. The number of rotatable bonds is 3. The van der Waals surface area contributed by atoms with Crippen molar-refractivity contribution in [3.05, 3.63) is 71.8 Å². The third-order valence-corrected chi connectivity index (χ3v) is 3.72. The van der Waals surface area contributed by atoms with Gasteiger partial charge in [0.15, 0.2) is 0 Å². The van der Waals surface area contributed by atoms with Crippen molar-refractivity contribution >= 4 is 17.5 Å². The Morgan fingerprint density at radius 3 is 1.79 bits per heavy atom. The number of aliphatic hydroxyl groups is 1. The Labute approximate surface area is 159 Å². The summed E-state index contributed by atoms with van der Waals surface area (Å²) in [7, 11) is 0. The average molecular weight is 419 g/mol. The van der Waals surface area contributed by atoms with Crippen molar-refractivity contribution < 1.29 is 41.0 Å². The fourth-order valence-corrected chi connectivity index (χ4v) is 2.36. The molecule has 29 heavy (non-hydrogen) atoms. The van der Waals surface area contributed by atoms with E-state index < -0.39 is 35.5 Å². The zero-order valence-corrected chi connectivity index (χ0v) is 14.1. The van der Waals surface area contributed by atoms with Crippen LogP contribution in [0, 0.1) is 0 Å². The molecule has 1 aliphatic rings. The van der Waals surface area contributed by atoms with Gasteiger partial charge in [-0.1, -0.05) is 0 Å². The maximum Gasteiger partial charge on any atom is 0.456 e. The number of anilines is 2. The van der Waals surface area contributed by atoms with Gasteiger partial charge in [-0.05, 0) is 48.5 Å². The number of carbonyl (C=O) groups is 1. The van der Waals surface area contributed by atoms with Crippen molar-refractivity contribution in [1.82, 2.24) is 5.12 Å². The summed E-state index contributed by atoms with van der Waals surface area (Å²) in [6, 6.07) is 7.21. The van der Waals surface area contributed by atoms with E-state index in [2.05, 4.69) is 10.2 Å². The second-order valence-electron chi connectivity index (χ2n) is 5.72.